The molecular formula is C25H31N5O. The van der Waals surface area contributed by atoms with Crippen molar-refractivity contribution in [3.63, 3.8) is 0 Å². The Labute approximate surface area is 184 Å². The molecule has 2 N–H and O–H groups in total. The number of benzene rings is 2. The number of aliphatic imine (C=N–C) groups is 1. The van der Waals surface area contributed by atoms with E-state index in [9.17, 15) is 0 Å². The molecule has 4 rings (SSSR count). The van der Waals surface area contributed by atoms with Crippen LogP contribution >= 0.6 is 0 Å². The maximum Gasteiger partial charge on any atom is 0.191 e. The number of nitrogens with zero attached hydrogens (tertiary/aromatic N) is 3. The van der Waals surface area contributed by atoms with Crippen molar-refractivity contribution in [3.05, 3.63) is 83.7 Å². The fourth-order valence-corrected chi connectivity index (χ4v) is 3.98. The van der Waals surface area contributed by atoms with Gasteiger partial charge in [-0.2, -0.15) is 5.10 Å². The molecule has 6 nitrogen and oxygen atoms in total. The molecule has 2 heterocycles. The standard InChI is InChI=1S/C25H31N5O/c1-19-10-12-21(13-11-19)24-22(7-6-14-31-24)17-28-25(26-2)27-15-20-16-29-30(18-20)23-8-4-3-5-9-23/h3-5,8-13,16,18,22,24H,6-7,14-15,17H2,1-2H3,(H2,26,27,28). The Morgan fingerprint density at radius 3 is 2.71 bits per heavy atom. The lowest BCUT2D eigenvalue weighted by Crippen LogP contribution is -2.41. The van der Waals surface area contributed by atoms with Crippen molar-refractivity contribution >= 4 is 5.96 Å². The summed E-state index contributed by atoms with van der Waals surface area (Å²) in [6.45, 7) is 4.42. The van der Waals surface area contributed by atoms with Crippen LogP contribution in [0, 0.1) is 12.8 Å². The van der Waals surface area contributed by atoms with Gasteiger partial charge in [-0.05, 0) is 37.5 Å². The van der Waals surface area contributed by atoms with Crippen LogP contribution in [0.25, 0.3) is 5.69 Å². The minimum Gasteiger partial charge on any atom is -0.373 e. The molecule has 2 aromatic carbocycles. The molecule has 2 unspecified atom stereocenters. The van der Waals surface area contributed by atoms with Gasteiger partial charge < -0.3 is 15.4 Å². The molecule has 6 heteroatoms. The Morgan fingerprint density at radius 1 is 1.13 bits per heavy atom. The highest BCUT2D eigenvalue weighted by Crippen LogP contribution is 2.33. The van der Waals surface area contributed by atoms with Gasteiger partial charge in [-0.15, -0.1) is 0 Å². The summed E-state index contributed by atoms with van der Waals surface area (Å²) >= 11 is 0. The second kappa shape index (κ2) is 10.3. The molecule has 1 aliphatic heterocycles. The first-order valence-corrected chi connectivity index (χ1v) is 10.9. The number of nitrogens with one attached hydrogen (secondary N) is 2. The summed E-state index contributed by atoms with van der Waals surface area (Å²) in [7, 11) is 1.80. The zero-order chi connectivity index (χ0) is 21.5. The second-order valence-electron chi connectivity index (χ2n) is 8.04. The van der Waals surface area contributed by atoms with Crippen LogP contribution < -0.4 is 10.6 Å². The number of hydrogen-bond acceptors (Lipinski definition) is 3. The Morgan fingerprint density at radius 2 is 1.94 bits per heavy atom. The van der Waals surface area contributed by atoms with E-state index in [0.29, 0.717) is 12.5 Å². The van der Waals surface area contributed by atoms with Gasteiger partial charge in [0.15, 0.2) is 5.96 Å². The molecule has 31 heavy (non-hydrogen) atoms. The minimum absolute atomic E-state index is 0.129. The van der Waals surface area contributed by atoms with E-state index < -0.39 is 0 Å². The lowest BCUT2D eigenvalue weighted by atomic mass is 9.89. The highest BCUT2D eigenvalue weighted by atomic mass is 16.5. The van der Waals surface area contributed by atoms with Gasteiger partial charge in [-0.1, -0.05) is 48.0 Å². The van der Waals surface area contributed by atoms with Gasteiger partial charge in [0.2, 0.25) is 0 Å². The summed E-state index contributed by atoms with van der Waals surface area (Å²) in [5.74, 6) is 1.21. The fraction of sp³-hybridized carbons (Fsp3) is 0.360. The Kier molecular flexibility index (Phi) is 6.99. The third kappa shape index (κ3) is 5.52. The van der Waals surface area contributed by atoms with Gasteiger partial charge in [0.05, 0.1) is 18.0 Å². The van der Waals surface area contributed by atoms with E-state index in [2.05, 4.69) is 51.9 Å². The van der Waals surface area contributed by atoms with Crippen molar-refractivity contribution in [2.24, 2.45) is 10.9 Å². The van der Waals surface area contributed by atoms with Crippen LogP contribution in [0.2, 0.25) is 0 Å². The molecule has 2 atom stereocenters. The van der Waals surface area contributed by atoms with E-state index in [4.69, 9.17) is 4.74 Å². The van der Waals surface area contributed by atoms with Crippen LogP contribution in [0.15, 0.2) is 72.0 Å². The lowest BCUT2D eigenvalue weighted by Gasteiger charge is -2.32. The third-order valence-corrected chi connectivity index (χ3v) is 5.72. The van der Waals surface area contributed by atoms with E-state index in [1.807, 2.05) is 47.4 Å². The number of aryl methyl sites for hydroxylation is 1. The van der Waals surface area contributed by atoms with Crippen LogP contribution in [0.3, 0.4) is 0 Å². The predicted octanol–water partition coefficient (Wildman–Crippen LogP) is 4.01. The van der Waals surface area contributed by atoms with Crippen LogP contribution in [0.1, 0.15) is 35.6 Å². The summed E-state index contributed by atoms with van der Waals surface area (Å²) < 4.78 is 8.03. The van der Waals surface area contributed by atoms with Crippen LogP contribution in [-0.2, 0) is 11.3 Å². The van der Waals surface area contributed by atoms with Crippen LogP contribution in [-0.4, -0.2) is 35.9 Å². The molecule has 1 saturated heterocycles. The van der Waals surface area contributed by atoms with Crippen molar-refractivity contribution in [3.8, 4) is 5.69 Å². The molecule has 1 aliphatic rings. The van der Waals surface area contributed by atoms with Gasteiger partial charge in [0, 0.05) is 44.4 Å². The Hall–Kier alpha value is -3.12. The van der Waals surface area contributed by atoms with Crippen molar-refractivity contribution < 1.29 is 4.74 Å². The largest absolute Gasteiger partial charge is 0.373 e. The second-order valence-corrected chi connectivity index (χ2v) is 8.04. The average molecular weight is 418 g/mol. The molecular weight excluding hydrogens is 386 g/mol. The summed E-state index contributed by atoms with van der Waals surface area (Å²) in [5.41, 5.74) is 4.68. The van der Waals surface area contributed by atoms with Crippen molar-refractivity contribution in [2.75, 3.05) is 20.2 Å². The maximum atomic E-state index is 6.15. The molecule has 0 spiro atoms. The van der Waals surface area contributed by atoms with Crippen LogP contribution in [0.4, 0.5) is 0 Å². The summed E-state index contributed by atoms with van der Waals surface area (Å²) in [4.78, 5) is 4.39. The number of hydrogen-bond donors (Lipinski definition) is 2. The normalized spacial score (nSPS) is 19.2. The third-order valence-electron chi connectivity index (χ3n) is 5.72. The predicted molar refractivity (Wildman–Crippen MR) is 124 cm³/mol. The molecule has 0 radical (unpaired) electrons. The summed E-state index contributed by atoms with van der Waals surface area (Å²) in [6, 6.07) is 18.8. The highest BCUT2D eigenvalue weighted by Gasteiger charge is 2.27. The SMILES string of the molecule is CN=C(NCc1cnn(-c2ccccc2)c1)NCC1CCCOC1c1ccc(C)cc1. The average Bonchev–Trinajstić information content (AvgIpc) is 3.30. The number of ether oxygens (including phenoxy) is 1. The van der Waals surface area contributed by atoms with E-state index in [1.54, 1.807) is 7.05 Å². The molecule has 1 aromatic heterocycles. The van der Waals surface area contributed by atoms with Crippen molar-refractivity contribution in [1.29, 1.82) is 0 Å². The molecule has 162 valence electrons. The van der Waals surface area contributed by atoms with Crippen molar-refractivity contribution in [1.82, 2.24) is 20.4 Å². The molecule has 1 fully saturated rings. The zero-order valence-electron chi connectivity index (χ0n) is 18.3. The Bertz CT molecular complexity index is 981. The molecule has 0 amide bonds. The lowest BCUT2D eigenvalue weighted by molar-refractivity contribution is -0.0265. The number of rotatable bonds is 6. The first-order chi connectivity index (χ1) is 15.2. The first-order valence-electron chi connectivity index (χ1n) is 10.9. The quantitative estimate of drug-likeness (QED) is 0.470. The maximum absolute atomic E-state index is 6.15. The van der Waals surface area contributed by atoms with Gasteiger partial charge in [-0.3, -0.25) is 4.99 Å². The summed E-state index contributed by atoms with van der Waals surface area (Å²) in [6.07, 6.45) is 6.29. The zero-order valence-corrected chi connectivity index (χ0v) is 18.3. The smallest absolute Gasteiger partial charge is 0.191 e. The van der Waals surface area contributed by atoms with E-state index in [-0.39, 0.29) is 6.10 Å². The Balaban J connectivity index is 1.32. The van der Waals surface area contributed by atoms with E-state index in [0.717, 1.165) is 43.2 Å². The van der Waals surface area contributed by atoms with Gasteiger partial charge >= 0.3 is 0 Å². The number of para-hydroxylation sites is 1. The summed E-state index contributed by atoms with van der Waals surface area (Å²) in [5, 5.41) is 11.3. The van der Waals surface area contributed by atoms with Crippen LogP contribution in [0.5, 0.6) is 0 Å². The van der Waals surface area contributed by atoms with Gasteiger partial charge in [0.25, 0.3) is 0 Å². The van der Waals surface area contributed by atoms with Gasteiger partial charge in [0.1, 0.15) is 0 Å². The molecule has 0 bridgehead atoms. The first kappa shape index (κ1) is 21.1. The van der Waals surface area contributed by atoms with Gasteiger partial charge in [-0.25, -0.2) is 4.68 Å². The number of guanidine groups is 1. The highest BCUT2D eigenvalue weighted by molar-refractivity contribution is 5.79. The monoisotopic (exact) mass is 417 g/mol. The fourth-order valence-electron chi connectivity index (χ4n) is 3.98. The number of aromatic nitrogens is 2. The molecule has 0 saturated carbocycles. The van der Waals surface area contributed by atoms with E-state index in [1.165, 1.54) is 11.1 Å². The topological polar surface area (TPSA) is 63.5 Å². The van der Waals surface area contributed by atoms with E-state index >= 15 is 0 Å². The minimum atomic E-state index is 0.129. The molecule has 0 aliphatic carbocycles. The van der Waals surface area contributed by atoms with Crippen molar-refractivity contribution in [2.45, 2.75) is 32.4 Å². The molecule has 3 aromatic rings.